The zero-order chi connectivity index (χ0) is 49.4. The van der Waals surface area contributed by atoms with Crippen molar-refractivity contribution in [2.75, 3.05) is 0 Å². The van der Waals surface area contributed by atoms with Gasteiger partial charge in [-0.2, -0.15) is 0 Å². The molecule has 11 rings (SSSR count). The van der Waals surface area contributed by atoms with Crippen LogP contribution < -0.4 is 0 Å². The molecule has 0 fully saturated rings. The van der Waals surface area contributed by atoms with Crippen LogP contribution in [0.1, 0.15) is 132 Å². The average Bonchev–Trinajstić information content (AvgIpc) is 3.83. The van der Waals surface area contributed by atoms with E-state index in [9.17, 15) is 4.79 Å². The summed E-state index contributed by atoms with van der Waals surface area (Å²) in [5, 5.41) is 5.11. The zero-order valence-corrected chi connectivity index (χ0v) is 43.0. The fourth-order valence-electron chi connectivity index (χ4n) is 10.7. The third-order valence-electron chi connectivity index (χ3n) is 15.1. The van der Waals surface area contributed by atoms with Crippen LogP contribution in [0.2, 0.25) is 0 Å². The molecule has 8 aromatic carbocycles. The van der Waals surface area contributed by atoms with Crippen LogP contribution in [0.15, 0.2) is 164 Å². The van der Waals surface area contributed by atoms with Gasteiger partial charge in [0, 0.05) is 44.0 Å². The van der Waals surface area contributed by atoms with Crippen LogP contribution in [0.3, 0.4) is 0 Å². The van der Waals surface area contributed by atoms with Crippen LogP contribution in [-0.4, -0.2) is 14.9 Å². The highest BCUT2D eigenvalue weighted by atomic mass is 16.1. The van der Waals surface area contributed by atoms with Gasteiger partial charge < -0.3 is 9.13 Å². The van der Waals surface area contributed by atoms with Crippen LogP contribution in [0.5, 0.6) is 0 Å². The highest BCUT2D eigenvalue weighted by Crippen LogP contribution is 2.42. The van der Waals surface area contributed by atoms with E-state index in [2.05, 4.69) is 250 Å². The number of hydrogen-bond acceptors (Lipinski definition) is 1. The molecule has 348 valence electrons. The maximum absolute atomic E-state index is 14.4. The molecule has 1 aliphatic rings. The minimum absolute atomic E-state index is 0.0305. The Morgan fingerprint density at radius 2 is 0.614 bits per heavy atom. The van der Waals surface area contributed by atoms with Crippen molar-refractivity contribution in [3.63, 3.8) is 0 Å². The predicted molar refractivity (Wildman–Crippen MR) is 299 cm³/mol. The van der Waals surface area contributed by atoms with E-state index < -0.39 is 0 Å². The zero-order valence-electron chi connectivity index (χ0n) is 43.0. The van der Waals surface area contributed by atoms with Crippen molar-refractivity contribution in [2.24, 2.45) is 0 Å². The van der Waals surface area contributed by atoms with E-state index in [0.29, 0.717) is 11.1 Å². The molecule has 2 heterocycles. The van der Waals surface area contributed by atoms with Crippen molar-refractivity contribution in [3.8, 4) is 33.6 Å². The number of nitrogens with zero attached hydrogens (tertiary/aromatic N) is 2. The summed E-state index contributed by atoms with van der Waals surface area (Å²) in [5.41, 5.74) is 20.7. The molecule has 0 atom stereocenters. The van der Waals surface area contributed by atoms with Crippen LogP contribution in [0.25, 0.3) is 82.8 Å². The fourth-order valence-corrected chi connectivity index (χ4v) is 10.7. The quantitative estimate of drug-likeness (QED) is 0.173. The molecule has 3 heteroatoms. The number of fused-ring (bicyclic) bond motifs is 8. The number of ketones is 1. The van der Waals surface area contributed by atoms with Crippen LogP contribution in [0, 0.1) is 0 Å². The van der Waals surface area contributed by atoms with Gasteiger partial charge in [0.2, 0.25) is 0 Å². The predicted octanol–water partition coefficient (Wildman–Crippen LogP) is 18.0. The largest absolute Gasteiger partial charge is 0.309 e. The van der Waals surface area contributed by atoms with E-state index in [1.54, 1.807) is 0 Å². The Labute approximate surface area is 414 Å². The van der Waals surface area contributed by atoms with Crippen molar-refractivity contribution in [2.45, 2.75) is 105 Å². The standard InChI is InChI=1S/C67H64N2O/c1-40-51-28-18-44(42-16-26-50(27-17-42)69-61-32-22-47(66(8,9)10)38-56(61)57-39-48(67(11,12)13)23-33-62(57)69)35-58(51)63(70)52-29-19-43(34-53(40)52)41-14-24-49(25-15-41)68-59-30-20-45(64(2,3)4)36-54(59)55-37-46(65(5,6)7)21-31-60(55)68/h14-39H,1H2,2-13H3. The molecule has 2 aromatic heterocycles. The molecule has 0 radical (unpaired) electrons. The van der Waals surface area contributed by atoms with Gasteiger partial charge >= 0.3 is 0 Å². The average molecular weight is 913 g/mol. The second kappa shape index (κ2) is 15.6. The number of carbonyl (C=O) groups is 1. The highest BCUT2D eigenvalue weighted by Gasteiger charge is 2.28. The molecule has 0 bridgehead atoms. The van der Waals surface area contributed by atoms with Gasteiger partial charge in [-0.3, -0.25) is 4.79 Å². The topological polar surface area (TPSA) is 26.9 Å². The van der Waals surface area contributed by atoms with Gasteiger partial charge in [0.25, 0.3) is 0 Å². The molecule has 0 aliphatic heterocycles. The second-order valence-electron chi connectivity index (χ2n) is 24.0. The lowest BCUT2D eigenvalue weighted by atomic mass is 9.80. The lowest BCUT2D eigenvalue weighted by Gasteiger charge is -2.22. The number of carbonyl (C=O) groups excluding carboxylic acids is 1. The Bertz CT molecular complexity index is 3410. The van der Waals surface area contributed by atoms with Crippen LogP contribution >= 0.6 is 0 Å². The van der Waals surface area contributed by atoms with Gasteiger partial charge in [-0.15, -0.1) is 0 Å². The van der Waals surface area contributed by atoms with Gasteiger partial charge in [0.1, 0.15) is 0 Å². The maximum Gasteiger partial charge on any atom is 0.194 e. The van der Waals surface area contributed by atoms with Gasteiger partial charge in [0.15, 0.2) is 5.78 Å². The van der Waals surface area contributed by atoms with Crippen molar-refractivity contribution in [1.82, 2.24) is 9.13 Å². The Kier molecular flexibility index (Phi) is 10.1. The SMILES string of the molecule is C=C1c2cc(-c3ccc(-n4c5ccc(C(C)(C)C)cc5c5cc(C(C)(C)C)ccc54)cc3)ccc2C(=O)c2cc(-c3ccc(-n4c5ccc(C(C)(C)C)cc5c5cc(C(C)(C)C)ccc54)cc3)ccc21. The molecular weight excluding hydrogens is 849 g/mol. The van der Waals surface area contributed by atoms with Gasteiger partial charge in [0.05, 0.1) is 22.1 Å². The van der Waals surface area contributed by atoms with Crippen LogP contribution in [0.4, 0.5) is 0 Å². The molecule has 0 saturated carbocycles. The summed E-state index contributed by atoms with van der Waals surface area (Å²) in [6, 6.07) is 58.0. The maximum atomic E-state index is 14.4. The van der Waals surface area contributed by atoms with Gasteiger partial charge in [-0.1, -0.05) is 156 Å². The summed E-state index contributed by atoms with van der Waals surface area (Å²) in [4.78, 5) is 14.4. The Morgan fingerprint density at radius 3 is 0.943 bits per heavy atom. The van der Waals surface area contributed by atoms with Crippen molar-refractivity contribution in [3.05, 3.63) is 209 Å². The van der Waals surface area contributed by atoms with E-state index in [1.165, 1.54) is 65.9 Å². The minimum Gasteiger partial charge on any atom is -0.309 e. The smallest absolute Gasteiger partial charge is 0.194 e. The first-order valence-electron chi connectivity index (χ1n) is 25.0. The lowest BCUT2D eigenvalue weighted by molar-refractivity contribution is 0.103. The van der Waals surface area contributed by atoms with Crippen molar-refractivity contribution >= 4 is 55.0 Å². The summed E-state index contributed by atoms with van der Waals surface area (Å²) in [7, 11) is 0. The van der Waals surface area contributed by atoms with Gasteiger partial charge in [-0.25, -0.2) is 0 Å². The van der Waals surface area contributed by atoms with Crippen molar-refractivity contribution < 1.29 is 4.79 Å². The number of aromatic nitrogens is 2. The van der Waals surface area contributed by atoms with E-state index in [1.807, 2.05) is 6.07 Å². The summed E-state index contributed by atoms with van der Waals surface area (Å²) >= 11 is 0. The molecule has 0 saturated heterocycles. The summed E-state index contributed by atoms with van der Waals surface area (Å²) in [5.74, 6) is 0.0305. The van der Waals surface area contributed by atoms with E-state index in [0.717, 1.165) is 50.3 Å². The number of benzene rings is 8. The molecule has 70 heavy (non-hydrogen) atoms. The Balaban J connectivity index is 0.896. The first-order chi connectivity index (χ1) is 33.0. The van der Waals surface area contributed by atoms with E-state index in [-0.39, 0.29) is 27.4 Å². The first-order valence-corrected chi connectivity index (χ1v) is 25.0. The summed E-state index contributed by atoms with van der Waals surface area (Å²) in [6.07, 6.45) is 0. The molecule has 0 spiro atoms. The number of hydrogen-bond donors (Lipinski definition) is 0. The summed E-state index contributed by atoms with van der Waals surface area (Å²) < 4.78 is 4.79. The molecule has 1 aliphatic carbocycles. The fraction of sp³-hybridized carbons (Fsp3) is 0.239. The number of rotatable bonds is 4. The van der Waals surface area contributed by atoms with E-state index >= 15 is 0 Å². The molecule has 0 N–H and O–H groups in total. The Morgan fingerprint density at radius 1 is 0.314 bits per heavy atom. The molecule has 0 amide bonds. The monoisotopic (exact) mass is 913 g/mol. The summed E-state index contributed by atoms with van der Waals surface area (Å²) in [6.45, 7) is 32.0. The normalized spacial score (nSPS) is 13.5. The second-order valence-corrected chi connectivity index (χ2v) is 24.0. The third kappa shape index (κ3) is 7.44. The third-order valence-corrected chi connectivity index (χ3v) is 15.1. The molecular formula is C67H64N2O. The lowest BCUT2D eigenvalue weighted by Crippen LogP contribution is -2.14. The highest BCUT2D eigenvalue weighted by molar-refractivity contribution is 6.19. The Hall–Kier alpha value is -7.23. The van der Waals surface area contributed by atoms with Crippen LogP contribution in [-0.2, 0) is 21.7 Å². The van der Waals surface area contributed by atoms with E-state index in [4.69, 9.17) is 0 Å². The van der Waals surface area contributed by atoms with Crippen molar-refractivity contribution in [1.29, 1.82) is 0 Å². The molecule has 0 unspecified atom stereocenters. The minimum atomic E-state index is 0.0305. The van der Waals surface area contributed by atoms with Gasteiger partial charge in [-0.05, 0) is 174 Å². The first kappa shape index (κ1) is 45.2. The molecule has 3 nitrogen and oxygen atoms in total. The molecule has 10 aromatic rings.